The summed E-state index contributed by atoms with van der Waals surface area (Å²) >= 11 is 0. The Morgan fingerprint density at radius 1 is 0.619 bits per heavy atom. The Labute approximate surface area is 127 Å². The number of aliphatic hydroxyl groups is 2. The fourth-order valence-electron chi connectivity index (χ4n) is 2.16. The lowest BCUT2D eigenvalue weighted by Gasteiger charge is -2.42. The highest BCUT2D eigenvalue weighted by molar-refractivity contribution is 4.87. The molecule has 0 aliphatic carbocycles. The van der Waals surface area contributed by atoms with Crippen molar-refractivity contribution in [1.29, 1.82) is 0 Å². The van der Waals surface area contributed by atoms with E-state index in [9.17, 15) is 10.2 Å². The first kappa shape index (κ1) is 20.7. The molecule has 21 heavy (non-hydrogen) atoms. The topological polar surface area (TPSA) is 86.6 Å². The van der Waals surface area contributed by atoms with Crippen molar-refractivity contribution in [3.63, 3.8) is 0 Å². The third kappa shape index (κ3) is 4.35. The monoisotopic (exact) mass is 310 g/mol. The van der Waals surface area contributed by atoms with Gasteiger partial charge in [0, 0.05) is 28.4 Å². The Balaban J connectivity index is 5.09. The van der Waals surface area contributed by atoms with Crippen LogP contribution in [0.1, 0.15) is 27.7 Å². The zero-order chi connectivity index (χ0) is 16.8. The van der Waals surface area contributed by atoms with Crippen molar-refractivity contribution in [2.45, 2.75) is 63.7 Å². The largest absolute Gasteiger partial charge is 0.376 e. The van der Waals surface area contributed by atoms with Crippen LogP contribution in [-0.4, -0.2) is 74.6 Å². The molecule has 0 amide bonds. The van der Waals surface area contributed by atoms with Crippen molar-refractivity contribution < 1.29 is 33.9 Å². The summed E-state index contributed by atoms with van der Waals surface area (Å²) < 4.78 is 26.2. The maximum absolute atomic E-state index is 10.5. The molecule has 7 heteroatoms. The van der Waals surface area contributed by atoms with Crippen molar-refractivity contribution in [2.75, 3.05) is 28.4 Å². The van der Waals surface area contributed by atoms with Gasteiger partial charge in [0.05, 0.1) is 0 Å². The molecule has 0 saturated carbocycles. The molecular formula is C14H30O7. The third-order valence-electron chi connectivity index (χ3n) is 4.10. The lowest BCUT2D eigenvalue weighted by Crippen LogP contribution is -2.58. The zero-order valence-corrected chi connectivity index (χ0v) is 14.2. The third-order valence-corrected chi connectivity index (χ3v) is 4.10. The van der Waals surface area contributed by atoms with Crippen molar-refractivity contribution in [2.24, 2.45) is 0 Å². The average Bonchev–Trinajstić information content (AvgIpc) is 2.50. The van der Waals surface area contributed by atoms with Gasteiger partial charge < -0.3 is 33.9 Å². The summed E-state index contributed by atoms with van der Waals surface area (Å²) in [7, 11) is 5.65. The first-order chi connectivity index (χ1) is 9.63. The Hall–Kier alpha value is -0.280. The van der Waals surface area contributed by atoms with Gasteiger partial charge in [0.2, 0.25) is 11.6 Å². The molecule has 0 aromatic heterocycles. The maximum Gasteiger partial charge on any atom is 0.218 e. The highest BCUT2D eigenvalue weighted by Crippen LogP contribution is 2.28. The van der Waals surface area contributed by atoms with Gasteiger partial charge >= 0.3 is 0 Å². The molecule has 0 aliphatic heterocycles. The second-order valence-electron chi connectivity index (χ2n) is 5.09. The number of rotatable bonds is 10. The van der Waals surface area contributed by atoms with Crippen LogP contribution in [0.3, 0.4) is 0 Å². The van der Waals surface area contributed by atoms with Gasteiger partial charge in [-0.2, -0.15) is 0 Å². The maximum atomic E-state index is 10.5. The molecule has 7 nitrogen and oxygen atoms in total. The zero-order valence-electron chi connectivity index (χ0n) is 14.2. The molecule has 0 fully saturated rings. The molecule has 6 unspecified atom stereocenters. The van der Waals surface area contributed by atoms with E-state index in [-0.39, 0.29) is 0 Å². The standard InChI is InChI=1S/C14H30O7/c1-9(17-5)13(15,19-7)11(3)21-12(4)14(16,20-8)10(2)18-6/h9-12,15-16H,1-8H3. The summed E-state index contributed by atoms with van der Waals surface area (Å²) in [6.07, 6.45) is -2.81. The van der Waals surface area contributed by atoms with E-state index in [1.165, 1.54) is 28.4 Å². The van der Waals surface area contributed by atoms with Gasteiger partial charge in [-0.1, -0.05) is 0 Å². The van der Waals surface area contributed by atoms with E-state index in [4.69, 9.17) is 23.7 Å². The van der Waals surface area contributed by atoms with Crippen LogP contribution in [0.5, 0.6) is 0 Å². The number of methoxy groups -OCH3 is 4. The minimum atomic E-state index is -1.66. The summed E-state index contributed by atoms with van der Waals surface area (Å²) in [5, 5.41) is 21.0. The summed E-state index contributed by atoms with van der Waals surface area (Å²) in [5.74, 6) is -3.32. The van der Waals surface area contributed by atoms with Gasteiger partial charge in [-0.15, -0.1) is 0 Å². The number of ether oxygens (including phenoxy) is 5. The molecule has 0 bridgehead atoms. The fourth-order valence-corrected chi connectivity index (χ4v) is 2.16. The van der Waals surface area contributed by atoms with Gasteiger partial charge in [-0.3, -0.25) is 0 Å². The Kier molecular flexibility index (Phi) is 8.27. The van der Waals surface area contributed by atoms with Crippen LogP contribution >= 0.6 is 0 Å². The van der Waals surface area contributed by atoms with Gasteiger partial charge in [0.15, 0.2) is 0 Å². The first-order valence-corrected chi connectivity index (χ1v) is 6.90. The van der Waals surface area contributed by atoms with Gasteiger partial charge in [-0.25, -0.2) is 0 Å². The smallest absolute Gasteiger partial charge is 0.218 e. The Bertz CT molecular complexity index is 273. The van der Waals surface area contributed by atoms with Crippen molar-refractivity contribution in [3.8, 4) is 0 Å². The van der Waals surface area contributed by atoms with Crippen molar-refractivity contribution in [3.05, 3.63) is 0 Å². The number of hydrogen-bond donors (Lipinski definition) is 2. The fraction of sp³-hybridized carbons (Fsp3) is 1.00. The summed E-state index contributed by atoms with van der Waals surface area (Å²) in [6.45, 7) is 6.58. The van der Waals surface area contributed by atoms with Crippen LogP contribution in [-0.2, 0) is 23.7 Å². The number of hydrogen-bond acceptors (Lipinski definition) is 7. The van der Waals surface area contributed by atoms with E-state index in [2.05, 4.69) is 0 Å². The van der Waals surface area contributed by atoms with Crippen molar-refractivity contribution in [1.82, 2.24) is 0 Å². The molecule has 6 atom stereocenters. The van der Waals surface area contributed by atoms with Crippen LogP contribution in [0.15, 0.2) is 0 Å². The summed E-state index contributed by atoms with van der Waals surface area (Å²) in [5.41, 5.74) is 0. The predicted molar refractivity (Wildman–Crippen MR) is 76.9 cm³/mol. The molecule has 0 rings (SSSR count). The van der Waals surface area contributed by atoms with Gasteiger partial charge in [0.25, 0.3) is 0 Å². The molecule has 128 valence electrons. The van der Waals surface area contributed by atoms with Gasteiger partial charge in [-0.05, 0) is 27.7 Å². The molecule has 0 aromatic rings. The molecule has 0 aromatic carbocycles. The van der Waals surface area contributed by atoms with Gasteiger partial charge in [0.1, 0.15) is 24.4 Å². The summed E-state index contributed by atoms with van der Waals surface area (Å²) in [6, 6.07) is 0. The van der Waals surface area contributed by atoms with Crippen LogP contribution in [0, 0.1) is 0 Å². The highest BCUT2D eigenvalue weighted by atomic mass is 16.7. The molecule has 0 aliphatic rings. The SMILES string of the molecule is COC(C)C(O)(OC)C(C)OC(C)C(O)(OC)C(C)OC. The summed E-state index contributed by atoms with van der Waals surface area (Å²) in [4.78, 5) is 0. The molecule has 2 N–H and O–H groups in total. The van der Waals surface area contributed by atoms with E-state index in [0.29, 0.717) is 0 Å². The van der Waals surface area contributed by atoms with Crippen molar-refractivity contribution >= 4 is 0 Å². The lowest BCUT2D eigenvalue weighted by atomic mass is 10.0. The molecular weight excluding hydrogens is 280 g/mol. The normalized spacial score (nSPS) is 23.7. The predicted octanol–water partition coefficient (Wildman–Crippen LogP) is 0.520. The minimum Gasteiger partial charge on any atom is -0.376 e. The molecule has 0 saturated heterocycles. The van der Waals surface area contributed by atoms with Crippen LogP contribution in [0.4, 0.5) is 0 Å². The van der Waals surface area contributed by atoms with Crippen LogP contribution in [0.2, 0.25) is 0 Å². The second kappa shape index (κ2) is 8.38. The Morgan fingerprint density at radius 3 is 1.10 bits per heavy atom. The quantitative estimate of drug-likeness (QED) is 0.569. The molecule has 0 heterocycles. The molecule has 0 radical (unpaired) electrons. The van der Waals surface area contributed by atoms with E-state index in [0.717, 1.165) is 0 Å². The van der Waals surface area contributed by atoms with E-state index < -0.39 is 36.0 Å². The van der Waals surface area contributed by atoms with E-state index >= 15 is 0 Å². The van der Waals surface area contributed by atoms with E-state index in [1.54, 1.807) is 27.7 Å². The van der Waals surface area contributed by atoms with E-state index in [1.807, 2.05) is 0 Å². The second-order valence-corrected chi connectivity index (χ2v) is 5.09. The minimum absolute atomic E-state index is 0.625. The highest BCUT2D eigenvalue weighted by Gasteiger charge is 2.47. The lowest BCUT2D eigenvalue weighted by molar-refractivity contribution is -0.341. The first-order valence-electron chi connectivity index (χ1n) is 6.90. The Morgan fingerprint density at radius 2 is 0.905 bits per heavy atom. The molecule has 0 spiro atoms. The van der Waals surface area contributed by atoms with Crippen LogP contribution in [0.25, 0.3) is 0 Å². The average molecular weight is 310 g/mol. The van der Waals surface area contributed by atoms with Crippen LogP contribution < -0.4 is 0 Å².